The molecule has 57 valence electrons. The third-order valence-electron chi connectivity index (χ3n) is 1.69. The molecule has 0 saturated carbocycles. The van der Waals surface area contributed by atoms with E-state index in [1.165, 1.54) is 0 Å². The van der Waals surface area contributed by atoms with Crippen LogP contribution in [0.2, 0.25) is 0 Å². The van der Waals surface area contributed by atoms with Crippen LogP contribution < -0.4 is 0 Å². The van der Waals surface area contributed by atoms with Gasteiger partial charge in [0.15, 0.2) is 0 Å². The van der Waals surface area contributed by atoms with Gasteiger partial charge in [0, 0.05) is 13.1 Å². The molecule has 10 heavy (non-hydrogen) atoms. The number of piperidine rings is 1. The Bertz CT molecular complexity index is 119. The van der Waals surface area contributed by atoms with E-state index >= 15 is 0 Å². The van der Waals surface area contributed by atoms with Gasteiger partial charge in [-0.2, -0.15) is 0 Å². The lowest BCUT2D eigenvalue weighted by Crippen LogP contribution is -2.37. The first-order valence-electron chi connectivity index (χ1n) is 3.55. The number of carbonyl (C=O) groups is 1. The molecule has 1 aliphatic heterocycles. The van der Waals surface area contributed by atoms with Crippen molar-refractivity contribution in [1.82, 2.24) is 4.90 Å². The molecule has 3 heteroatoms. The summed E-state index contributed by atoms with van der Waals surface area (Å²) in [6.07, 6.45) is 4.10. The van der Waals surface area contributed by atoms with Crippen molar-refractivity contribution < 1.29 is 9.90 Å². The van der Waals surface area contributed by atoms with Crippen molar-refractivity contribution in [3.8, 4) is 0 Å². The smallest absolute Gasteiger partial charge is 0.248 e. The van der Waals surface area contributed by atoms with Crippen molar-refractivity contribution in [3.05, 3.63) is 6.42 Å². The van der Waals surface area contributed by atoms with Crippen molar-refractivity contribution in [2.24, 2.45) is 0 Å². The van der Waals surface area contributed by atoms with Gasteiger partial charge in [-0.05, 0) is 19.3 Å². The summed E-state index contributed by atoms with van der Waals surface area (Å²) >= 11 is 0. The third kappa shape index (κ3) is 1.70. The second kappa shape index (κ2) is 3.56. The molecule has 0 aromatic heterocycles. The molecule has 3 nitrogen and oxygen atoms in total. The minimum Gasteiger partial charge on any atom is -0.387 e. The molecule has 0 spiro atoms. The van der Waals surface area contributed by atoms with E-state index in [1.807, 2.05) is 0 Å². The number of hydrogen-bond acceptors (Lipinski definition) is 2. The number of hydrogen-bond donors (Lipinski definition) is 1. The molecule has 0 aliphatic carbocycles. The van der Waals surface area contributed by atoms with E-state index in [0.29, 0.717) is 0 Å². The van der Waals surface area contributed by atoms with Crippen LogP contribution in [-0.2, 0) is 4.79 Å². The Morgan fingerprint density at radius 1 is 1.50 bits per heavy atom. The van der Waals surface area contributed by atoms with Crippen molar-refractivity contribution in [2.45, 2.75) is 12.8 Å². The van der Waals surface area contributed by atoms with Crippen LogP contribution in [-0.4, -0.2) is 35.6 Å². The van der Waals surface area contributed by atoms with E-state index in [1.54, 1.807) is 4.90 Å². The Morgan fingerprint density at radius 2 is 2.10 bits per heavy atom. The van der Waals surface area contributed by atoms with E-state index in [9.17, 15) is 4.79 Å². The molecule has 0 aromatic rings. The van der Waals surface area contributed by atoms with Gasteiger partial charge in [-0.3, -0.25) is 4.79 Å². The lowest BCUT2D eigenvalue weighted by atomic mass is 10.1. The van der Waals surface area contributed by atoms with Gasteiger partial charge in [0.25, 0.3) is 0 Å². The quantitative estimate of drug-likeness (QED) is 0.551. The second-order valence-electron chi connectivity index (χ2n) is 2.40. The number of rotatable bonds is 1. The van der Waals surface area contributed by atoms with E-state index in [2.05, 4.69) is 6.42 Å². The maximum Gasteiger partial charge on any atom is 0.248 e. The highest BCUT2D eigenvalue weighted by Gasteiger charge is 2.14. The van der Waals surface area contributed by atoms with Crippen LogP contribution in [0.5, 0.6) is 0 Å². The number of aliphatic hydroxyl groups is 1. The van der Waals surface area contributed by atoms with E-state index in [-0.39, 0.29) is 12.5 Å². The highest BCUT2D eigenvalue weighted by Crippen LogP contribution is 2.06. The molecule has 1 amide bonds. The number of carbonyl (C=O) groups excluding carboxylic acids is 1. The summed E-state index contributed by atoms with van der Waals surface area (Å²) in [6, 6.07) is 0. The first-order valence-corrected chi connectivity index (χ1v) is 3.55. The zero-order valence-corrected chi connectivity index (χ0v) is 5.92. The summed E-state index contributed by atoms with van der Waals surface area (Å²) in [6.45, 7) is 1.21. The van der Waals surface area contributed by atoms with Crippen LogP contribution in [0.1, 0.15) is 12.8 Å². The van der Waals surface area contributed by atoms with E-state index in [4.69, 9.17) is 5.11 Å². The lowest BCUT2D eigenvalue weighted by molar-refractivity contribution is -0.134. The Hall–Kier alpha value is -0.570. The Morgan fingerprint density at radius 3 is 2.60 bits per heavy atom. The predicted molar refractivity (Wildman–Crippen MR) is 37.2 cm³/mol. The Kier molecular flexibility index (Phi) is 2.68. The highest BCUT2D eigenvalue weighted by molar-refractivity contribution is 5.77. The molecule has 0 aromatic carbocycles. The molecule has 0 unspecified atom stereocenters. The largest absolute Gasteiger partial charge is 0.387 e. The molecule has 1 heterocycles. The van der Waals surface area contributed by atoms with Crippen LogP contribution in [0.15, 0.2) is 0 Å². The number of aliphatic hydroxyl groups excluding tert-OH is 1. The van der Waals surface area contributed by atoms with Crippen LogP contribution in [0, 0.1) is 6.42 Å². The minimum atomic E-state index is -0.347. The van der Waals surface area contributed by atoms with Gasteiger partial charge in [0.1, 0.15) is 6.61 Å². The molecular formula is C7H12NO2. The molecule has 1 fully saturated rings. The summed E-state index contributed by atoms with van der Waals surface area (Å²) in [7, 11) is 0. The van der Waals surface area contributed by atoms with E-state index in [0.717, 1.165) is 25.9 Å². The van der Waals surface area contributed by atoms with Crippen LogP contribution in [0.25, 0.3) is 0 Å². The summed E-state index contributed by atoms with van der Waals surface area (Å²) in [5, 5.41) is 8.49. The molecule has 1 N–H and O–H groups in total. The fourth-order valence-electron chi connectivity index (χ4n) is 1.10. The van der Waals surface area contributed by atoms with Gasteiger partial charge in [-0.1, -0.05) is 0 Å². The van der Waals surface area contributed by atoms with Crippen LogP contribution >= 0.6 is 0 Å². The summed E-state index contributed by atoms with van der Waals surface area (Å²) in [5.74, 6) is -0.145. The normalized spacial score (nSPS) is 19.1. The van der Waals surface area contributed by atoms with Gasteiger partial charge in [0.05, 0.1) is 0 Å². The zero-order valence-electron chi connectivity index (χ0n) is 5.92. The van der Waals surface area contributed by atoms with Crippen molar-refractivity contribution >= 4 is 5.91 Å². The molecule has 1 saturated heterocycles. The zero-order chi connectivity index (χ0) is 7.40. The Balaban J connectivity index is 2.31. The summed E-state index contributed by atoms with van der Waals surface area (Å²) < 4.78 is 0. The first kappa shape index (κ1) is 7.54. The molecule has 1 aliphatic rings. The lowest BCUT2D eigenvalue weighted by Gasteiger charge is -2.25. The predicted octanol–water partition coefficient (Wildman–Crippen LogP) is -0.195. The van der Waals surface area contributed by atoms with Crippen molar-refractivity contribution in [1.29, 1.82) is 0 Å². The van der Waals surface area contributed by atoms with Gasteiger partial charge in [0.2, 0.25) is 5.91 Å². The van der Waals surface area contributed by atoms with E-state index < -0.39 is 0 Å². The topological polar surface area (TPSA) is 40.5 Å². The average molecular weight is 142 g/mol. The SMILES string of the molecule is O=C(CO)N1CC[CH]CC1. The number of amides is 1. The molecule has 1 radical (unpaired) electrons. The maximum absolute atomic E-state index is 10.8. The molecule has 1 rings (SSSR count). The van der Waals surface area contributed by atoms with Crippen LogP contribution in [0.3, 0.4) is 0 Å². The minimum absolute atomic E-state index is 0.145. The average Bonchev–Trinajstić information content (AvgIpc) is 2.05. The molecule has 0 atom stereocenters. The molecule has 0 bridgehead atoms. The van der Waals surface area contributed by atoms with Gasteiger partial charge in [-0.15, -0.1) is 0 Å². The standard InChI is InChI=1S/C7H12NO2/c9-6-7(10)8-4-2-1-3-5-8/h1,9H,2-6H2. The maximum atomic E-state index is 10.8. The van der Waals surface area contributed by atoms with Crippen LogP contribution in [0.4, 0.5) is 0 Å². The fraction of sp³-hybridized carbons (Fsp3) is 0.714. The first-order chi connectivity index (χ1) is 4.84. The number of likely N-dealkylation sites (tertiary alicyclic amines) is 1. The second-order valence-corrected chi connectivity index (χ2v) is 2.40. The molecular weight excluding hydrogens is 130 g/mol. The van der Waals surface area contributed by atoms with Gasteiger partial charge >= 0.3 is 0 Å². The number of nitrogens with zero attached hydrogens (tertiary/aromatic N) is 1. The third-order valence-corrected chi connectivity index (χ3v) is 1.69. The Labute approximate surface area is 60.6 Å². The summed E-state index contributed by atoms with van der Waals surface area (Å²) in [5.41, 5.74) is 0. The monoisotopic (exact) mass is 142 g/mol. The van der Waals surface area contributed by atoms with Gasteiger partial charge in [-0.25, -0.2) is 0 Å². The summed E-state index contributed by atoms with van der Waals surface area (Å²) in [4.78, 5) is 12.5. The highest BCUT2D eigenvalue weighted by atomic mass is 16.3. The fourth-order valence-corrected chi connectivity index (χ4v) is 1.10. The van der Waals surface area contributed by atoms with Crippen molar-refractivity contribution in [2.75, 3.05) is 19.7 Å². The van der Waals surface area contributed by atoms with Gasteiger partial charge < -0.3 is 10.0 Å². The van der Waals surface area contributed by atoms with Crippen molar-refractivity contribution in [3.63, 3.8) is 0 Å².